The molecule has 0 saturated heterocycles. The van der Waals surface area contributed by atoms with Gasteiger partial charge in [0.1, 0.15) is 5.75 Å². The van der Waals surface area contributed by atoms with Crippen LogP contribution in [0.25, 0.3) is 22.8 Å². The van der Waals surface area contributed by atoms with Crippen molar-refractivity contribution in [1.29, 1.82) is 0 Å². The van der Waals surface area contributed by atoms with Crippen LogP contribution < -0.4 is 4.74 Å². The molecule has 244 valence electrons. The third-order valence-corrected chi connectivity index (χ3v) is 8.50. The van der Waals surface area contributed by atoms with Crippen molar-refractivity contribution in [2.45, 2.75) is 123 Å². The molecule has 2 aromatic heterocycles. The van der Waals surface area contributed by atoms with Crippen molar-refractivity contribution in [3.8, 4) is 28.5 Å². The van der Waals surface area contributed by atoms with Gasteiger partial charge in [-0.25, -0.2) is 24.7 Å². The SMILES string of the molecule is CCCCCCCCCCc1cnc(-c2ccc(OC(=O)c3ccc(-c4ncc(CCCCCCCCC)cn4)cc3)cc2)nc1. The summed E-state index contributed by atoms with van der Waals surface area (Å²) in [5.74, 6) is 1.39. The fourth-order valence-corrected chi connectivity index (χ4v) is 5.61. The van der Waals surface area contributed by atoms with Crippen LogP contribution in [0.5, 0.6) is 5.75 Å². The normalized spacial score (nSPS) is 11.1. The molecule has 0 spiro atoms. The Kier molecular flexibility index (Phi) is 15.4. The highest BCUT2D eigenvalue weighted by Gasteiger charge is 2.11. The second kappa shape index (κ2) is 20.2. The molecule has 0 aliphatic heterocycles. The Morgan fingerprint density at radius 1 is 0.500 bits per heavy atom. The van der Waals surface area contributed by atoms with E-state index in [0.717, 1.165) is 24.0 Å². The Labute approximate surface area is 276 Å². The average Bonchev–Trinajstić information content (AvgIpc) is 3.10. The number of carbonyl (C=O) groups excluding carboxylic acids is 1. The molecule has 0 saturated carbocycles. The van der Waals surface area contributed by atoms with Gasteiger partial charge in [0, 0.05) is 35.9 Å². The molecule has 0 aliphatic carbocycles. The van der Waals surface area contributed by atoms with Crippen molar-refractivity contribution >= 4 is 5.97 Å². The minimum absolute atomic E-state index is 0.410. The van der Waals surface area contributed by atoms with Crippen LogP contribution in [0.1, 0.15) is 132 Å². The molecule has 6 nitrogen and oxygen atoms in total. The lowest BCUT2D eigenvalue weighted by atomic mass is 10.1. The smallest absolute Gasteiger partial charge is 0.343 e. The van der Waals surface area contributed by atoms with E-state index in [9.17, 15) is 4.79 Å². The highest BCUT2D eigenvalue weighted by atomic mass is 16.5. The first-order chi connectivity index (χ1) is 22.7. The standard InChI is InChI=1S/C40H52N4O2/c1-3-5-7-9-11-13-15-17-19-33-30-43-39(44-31-33)35-24-26-37(27-25-35)46-40(45)36-22-20-34(21-23-36)38-41-28-32(29-42-38)18-16-14-12-10-8-6-4-2/h20-31H,3-19H2,1-2H3. The van der Waals surface area contributed by atoms with Gasteiger partial charge in [0.05, 0.1) is 5.56 Å². The summed E-state index contributed by atoms with van der Waals surface area (Å²) in [5.41, 5.74) is 4.57. The Morgan fingerprint density at radius 3 is 1.28 bits per heavy atom. The van der Waals surface area contributed by atoms with Gasteiger partial charge in [0.25, 0.3) is 0 Å². The number of carbonyl (C=O) groups is 1. The molecule has 0 amide bonds. The molecule has 2 heterocycles. The topological polar surface area (TPSA) is 77.9 Å². The number of aromatic nitrogens is 4. The zero-order valence-corrected chi connectivity index (χ0v) is 28.1. The summed E-state index contributed by atoms with van der Waals surface area (Å²) in [5, 5.41) is 0. The first kappa shape index (κ1) is 34.9. The number of nitrogens with zero attached hydrogens (tertiary/aromatic N) is 4. The maximum absolute atomic E-state index is 12.8. The maximum atomic E-state index is 12.8. The van der Waals surface area contributed by atoms with Crippen molar-refractivity contribution in [2.24, 2.45) is 0 Å². The molecule has 0 N–H and O–H groups in total. The van der Waals surface area contributed by atoms with Crippen LogP contribution in [-0.4, -0.2) is 25.9 Å². The fraction of sp³-hybridized carbons (Fsp3) is 0.475. The lowest BCUT2D eigenvalue weighted by Gasteiger charge is -2.07. The molecule has 0 bridgehead atoms. The highest BCUT2D eigenvalue weighted by molar-refractivity contribution is 5.91. The molecule has 0 radical (unpaired) electrons. The molecule has 46 heavy (non-hydrogen) atoms. The second-order valence-electron chi connectivity index (χ2n) is 12.4. The number of hydrogen-bond donors (Lipinski definition) is 0. The fourth-order valence-electron chi connectivity index (χ4n) is 5.61. The van der Waals surface area contributed by atoms with E-state index in [1.807, 2.05) is 49.1 Å². The van der Waals surface area contributed by atoms with Gasteiger partial charge in [-0.05, 0) is 73.2 Å². The summed E-state index contributed by atoms with van der Waals surface area (Å²) >= 11 is 0. The zero-order chi connectivity index (χ0) is 32.2. The van der Waals surface area contributed by atoms with Crippen LogP contribution in [0.2, 0.25) is 0 Å². The van der Waals surface area contributed by atoms with Crippen molar-refractivity contribution in [3.05, 3.63) is 90.0 Å². The third kappa shape index (κ3) is 12.1. The predicted octanol–water partition coefficient (Wildman–Crippen LogP) is 10.8. The summed E-state index contributed by atoms with van der Waals surface area (Å²) in [7, 11) is 0. The van der Waals surface area contributed by atoms with E-state index in [4.69, 9.17) is 4.74 Å². The van der Waals surface area contributed by atoms with Gasteiger partial charge in [0.2, 0.25) is 0 Å². The summed E-state index contributed by atoms with van der Waals surface area (Å²) in [6.45, 7) is 4.51. The summed E-state index contributed by atoms with van der Waals surface area (Å²) in [4.78, 5) is 31.1. The Morgan fingerprint density at radius 2 is 0.870 bits per heavy atom. The number of esters is 1. The summed E-state index contributed by atoms with van der Waals surface area (Å²) in [6, 6.07) is 14.6. The van der Waals surface area contributed by atoms with E-state index in [1.165, 1.54) is 107 Å². The van der Waals surface area contributed by atoms with Gasteiger partial charge in [-0.1, -0.05) is 109 Å². The molecule has 4 aromatic rings. The molecule has 0 unspecified atom stereocenters. The highest BCUT2D eigenvalue weighted by Crippen LogP contribution is 2.22. The van der Waals surface area contributed by atoms with Crippen LogP contribution in [0.15, 0.2) is 73.3 Å². The largest absolute Gasteiger partial charge is 0.423 e. The van der Waals surface area contributed by atoms with Crippen LogP contribution in [0.3, 0.4) is 0 Å². The zero-order valence-electron chi connectivity index (χ0n) is 28.1. The molecule has 2 aromatic carbocycles. The maximum Gasteiger partial charge on any atom is 0.343 e. The average molecular weight is 621 g/mol. The van der Waals surface area contributed by atoms with Gasteiger partial charge in [-0.2, -0.15) is 0 Å². The van der Waals surface area contributed by atoms with Crippen molar-refractivity contribution < 1.29 is 9.53 Å². The van der Waals surface area contributed by atoms with Crippen LogP contribution in [0, 0.1) is 0 Å². The van der Waals surface area contributed by atoms with Crippen molar-refractivity contribution in [1.82, 2.24) is 19.9 Å². The predicted molar refractivity (Wildman–Crippen MR) is 188 cm³/mol. The van der Waals surface area contributed by atoms with Crippen molar-refractivity contribution in [2.75, 3.05) is 0 Å². The molecule has 4 rings (SSSR count). The van der Waals surface area contributed by atoms with Gasteiger partial charge < -0.3 is 4.74 Å². The van der Waals surface area contributed by atoms with E-state index >= 15 is 0 Å². The monoisotopic (exact) mass is 620 g/mol. The number of rotatable bonds is 21. The van der Waals surface area contributed by atoms with E-state index < -0.39 is 5.97 Å². The molecular weight excluding hydrogens is 568 g/mol. The molecular formula is C40H52N4O2. The lowest BCUT2D eigenvalue weighted by molar-refractivity contribution is 0.0735. The molecule has 0 fully saturated rings. The molecule has 6 heteroatoms. The Balaban J connectivity index is 1.19. The van der Waals surface area contributed by atoms with Gasteiger partial charge in [-0.15, -0.1) is 0 Å². The molecule has 0 aliphatic rings. The van der Waals surface area contributed by atoms with Gasteiger partial charge >= 0.3 is 5.97 Å². The number of unbranched alkanes of at least 4 members (excludes halogenated alkanes) is 13. The Bertz CT molecular complexity index is 1400. The quantitative estimate of drug-likeness (QED) is 0.0524. The Hall–Kier alpha value is -3.93. The van der Waals surface area contributed by atoms with E-state index in [0.29, 0.717) is 23.0 Å². The van der Waals surface area contributed by atoms with Crippen LogP contribution in [0.4, 0.5) is 0 Å². The number of benzene rings is 2. The number of ether oxygens (including phenoxy) is 1. The second-order valence-corrected chi connectivity index (χ2v) is 12.4. The van der Waals surface area contributed by atoms with Gasteiger partial charge in [0.15, 0.2) is 11.6 Å². The number of aryl methyl sites for hydroxylation is 2. The van der Waals surface area contributed by atoms with Crippen LogP contribution in [-0.2, 0) is 12.8 Å². The van der Waals surface area contributed by atoms with E-state index in [2.05, 4.69) is 33.8 Å². The number of hydrogen-bond acceptors (Lipinski definition) is 6. The molecule has 0 atom stereocenters. The van der Waals surface area contributed by atoms with Crippen LogP contribution >= 0.6 is 0 Å². The third-order valence-electron chi connectivity index (χ3n) is 8.50. The van der Waals surface area contributed by atoms with Gasteiger partial charge in [-0.3, -0.25) is 0 Å². The minimum atomic E-state index is -0.410. The van der Waals surface area contributed by atoms with E-state index in [1.54, 1.807) is 24.3 Å². The lowest BCUT2D eigenvalue weighted by Crippen LogP contribution is -2.08. The first-order valence-corrected chi connectivity index (χ1v) is 17.7. The van der Waals surface area contributed by atoms with E-state index in [-0.39, 0.29) is 0 Å². The first-order valence-electron chi connectivity index (χ1n) is 17.7. The summed E-state index contributed by atoms with van der Waals surface area (Å²) < 4.78 is 5.63. The summed E-state index contributed by atoms with van der Waals surface area (Å²) in [6.07, 6.45) is 29.3. The van der Waals surface area contributed by atoms with Crippen molar-refractivity contribution in [3.63, 3.8) is 0 Å². The minimum Gasteiger partial charge on any atom is -0.423 e.